The van der Waals surface area contributed by atoms with Crippen LogP contribution in [-0.4, -0.2) is 17.0 Å². The molecule has 0 spiro atoms. The number of nitrogens with one attached hydrogen (secondary N) is 1. The molecule has 0 aliphatic heterocycles. The Bertz CT molecular complexity index is 677. The van der Waals surface area contributed by atoms with E-state index in [4.69, 9.17) is 5.11 Å². The maximum absolute atomic E-state index is 12.0. The summed E-state index contributed by atoms with van der Waals surface area (Å²) < 4.78 is 0. The van der Waals surface area contributed by atoms with E-state index < -0.39 is 5.97 Å². The molecule has 0 aliphatic rings. The van der Waals surface area contributed by atoms with Gasteiger partial charge in [-0.1, -0.05) is 12.1 Å². The number of amides is 1. The molecule has 0 bridgehead atoms. The van der Waals surface area contributed by atoms with Gasteiger partial charge in [-0.15, -0.1) is 11.3 Å². The Labute approximate surface area is 133 Å². The quantitative estimate of drug-likeness (QED) is 0.845. The highest BCUT2D eigenvalue weighted by Gasteiger charge is 2.12. The Morgan fingerprint density at radius 2 is 2.00 bits per heavy atom. The van der Waals surface area contributed by atoms with Crippen molar-refractivity contribution >= 4 is 28.9 Å². The second-order valence-electron chi connectivity index (χ2n) is 5.27. The molecular weight excluding hydrogens is 298 g/mol. The van der Waals surface area contributed by atoms with E-state index in [0.717, 1.165) is 18.4 Å². The largest absolute Gasteiger partial charge is 0.478 e. The Morgan fingerprint density at radius 3 is 2.64 bits per heavy atom. The van der Waals surface area contributed by atoms with Crippen LogP contribution in [0.4, 0.5) is 5.69 Å². The highest BCUT2D eigenvalue weighted by atomic mass is 32.1. The molecule has 2 rings (SSSR count). The van der Waals surface area contributed by atoms with Gasteiger partial charge in [-0.05, 0) is 55.3 Å². The average molecular weight is 317 g/mol. The normalized spacial score (nSPS) is 10.5. The second kappa shape index (κ2) is 7.22. The minimum absolute atomic E-state index is 0.0835. The molecule has 2 aromatic rings. The van der Waals surface area contributed by atoms with E-state index in [1.165, 1.54) is 10.9 Å². The first-order valence-electron chi connectivity index (χ1n) is 7.14. The molecule has 1 aromatic heterocycles. The van der Waals surface area contributed by atoms with Crippen LogP contribution in [0, 0.1) is 13.8 Å². The summed E-state index contributed by atoms with van der Waals surface area (Å²) in [5, 5.41) is 14.0. The monoisotopic (exact) mass is 317 g/mol. The molecule has 0 atom stereocenters. The summed E-state index contributed by atoms with van der Waals surface area (Å²) in [6, 6.07) is 7.38. The van der Waals surface area contributed by atoms with E-state index in [-0.39, 0.29) is 11.5 Å². The molecule has 0 unspecified atom stereocenters. The van der Waals surface area contributed by atoms with Crippen LogP contribution in [0.25, 0.3) is 0 Å². The topological polar surface area (TPSA) is 66.4 Å². The lowest BCUT2D eigenvalue weighted by Crippen LogP contribution is -2.13. The van der Waals surface area contributed by atoms with Gasteiger partial charge in [-0.3, -0.25) is 4.79 Å². The number of carbonyl (C=O) groups is 2. The van der Waals surface area contributed by atoms with E-state index in [1.54, 1.807) is 24.3 Å². The molecule has 1 amide bonds. The summed E-state index contributed by atoms with van der Waals surface area (Å²) in [6.45, 7) is 3.61. The van der Waals surface area contributed by atoms with E-state index in [0.29, 0.717) is 17.7 Å². The predicted octanol–water partition coefficient (Wildman–Crippen LogP) is 4.02. The van der Waals surface area contributed by atoms with Gasteiger partial charge < -0.3 is 10.4 Å². The number of hydrogen-bond donors (Lipinski definition) is 2. The maximum atomic E-state index is 12.0. The molecule has 0 aliphatic carbocycles. The van der Waals surface area contributed by atoms with Crippen LogP contribution in [0.1, 0.15) is 39.2 Å². The van der Waals surface area contributed by atoms with Crippen molar-refractivity contribution in [1.82, 2.24) is 0 Å². The molecule has 1 heterocycles. The summed E-state index contributed by atoms with van der Waals surface area (Å²) in [5.74, 6) is -1.06. The van der Waals surface area contributed by atoms with Crippen LogP contribution >= 0.6 is 11.3 Å². The number of carbonyl (C=O) groups excluding carboxylic acids is 1. The SMILES string of the molecule is Cc1cc(C)c(C(=O)O)cc1NC(=O)CCCc1cccs1. The molecule has 4 nitrogen and oxygen atoms in total. The first kappa shape index (κ1) is 16.2. The van der Waals surface area contributed by atoms with Gasteiger partial charge in [0.25, 0.3) is 0 Å². The number of carboxylic acid groups (broad SMARTS) is 1. The zero-order chi connectivity index (χ0) is 16.1. The highest BCUT2D eigenvalue weighted by molar-refractivity contribution is 7.09. The standard InChI is InChI=1S/C17H19NO3S/c1-11-9-12(2)15(10-14(11)17(20)21)18-16(19)7-3-5-13-6-4-8-22-13/h4,6,8-10H,3,5,7H2,1-2H3,(H,18,19)(H,20,21). The van der Waals surface area contributed by atoms with Gasteiger partial charge >= 0.3 is 5.97 Å². The summed E-state index contributed by atoms with van der Waals surface area (Å²) in [7, 11) is 0. The van der Waals surface area contributed by atoms with Gasteiger partial charge in [0.1, 0.15) is 0 Å². The number of anilines is 1. The Hall–Kier alpha value is -2.14. The predicted molar refractivity (Wildman–Crippen MR) is 88.8 cm³/mol. The van der Waals surface area contributed by atoms with E-state index in [9.17, 15) is 9.59 Å². The summed E-state index contributed by atoms with van der Waals surface area (Å²) in [5.41, 5.74) is 2.36. The van der Waals surface area contributed by atoms with Gasteiger partial charge in [0.2, 0.25) is 5.91 Å². The Balaban J connectivity index is 1.96. The third-order valence-corrected chi connectivity index (χ3v) is 4.42. The highest BCUT2D eigenvalue weighted by Crippen LogP contribution is 2.21. The number of benzene rings is 1. The fourth-order valence-electron chi connectivity index (χ4n) is 2.31. The number of rotatable bonds is 6. The molecule has 0 fully saturated rings. The van der Waals surface area contributed by atoms with Crippen LogP contribution in [0.15, 0.2) is 29.6 Å². The molecule has 116 valence electrons. The van der Waals surface area contributed by atoms with Gasteiger partial charge in [0.05, 0.1) is 5.56 Å². The van der Waals surface area contributed by atoms with E-state index in [2.05, 4.69) is 11.4 Å². The summed E-state index contributed by atoms with van der Waals surface area (Å²) in [4.78, 5) is 24.4. The molecular formula is C17H19NO3S. The van der Waals surface area contributed by atoms with Crippen molar-refractivity contribution in [3.05, 3.63) is 51.2 Å². The number of carboxylic acids is 1. The van der Waals surface area contributed by atoms with Crippen LogP contribution in [0.5, 0.6) is 0 Å². The second-order valence-corrected chi connectivity index (χ2v) is 6.30. The maximum Gasteiger partial charge on any atom is 0.336 e. The molecule has 22 heavy (non-hydrogen) atoms. The fraction of sp³-hybridized carbons (Fsp3) is 0.294. The zero-order valence-corrected chi connectivity index (χ0v) is 13.5. The molecule has 0 saturated heterocycles. The van der Waals surface area contributed by atoms with Gasteiger partial charge in [0, 0.05) is 17.0 Å². The zero-order valence-electron chi connectivity index (χ0n) is 12.7. The van der Waals surface area contributed by atoms with Crippen LogP contribution in [0.2, 0.25) is 0 Å². The van der Waals surface area contributed by atoms with E-state index in [1.807, 2.05) is 18.4 Å². The van der Waals surface area contributed by atoms with Crippen molar-refractivity contribution in [1.29, 1.82) is 0 Å². The van der Waals surface area contributed by atoms with Crippen molar-refractivity contribution in [3.63, 3.8) is 0 Å². The summed E-state index contributed by atoms with van der Waals surface area (Å²) in [6.07, 6.45) is 2.09. The lowest BCUT2D eigenvalue weighted by Gasteiger charge is -2.11. The molecule has 0 radical (unpaired) electrons. The van der Waals surface area contributed by atoms with Crippen LogP contribution < -0.4 is 5.32 Å². The van der Waals surface area contributed by atoms with Crippen molar-refractivity contribution in [3.8, 4) is 0 Å². The minimum atomic E-state index is -0.981. The van der Waals surface area contributed by atoms with Gasteiger partial charge in [0.15, 0.2) is 0 Å². The van der Waals surface area contributed by atoms with E-state index >= 15 is 0 Å². The third-order valence-electron chi connectivity index (χ3n) is 3.48. The fourth-order valence-corrected chi connectivity index (χ4v) is 3.06. The van der Waals surface area contributed by atoms with Crippen molar-refractivity contribution in [2.75, 3.05) is 5.32 Å². The Morgan fingerprint density at radius 1 is 1.23 bits per heavy atom. The number of aromatic carboxylic acids is 1. The lowest BCUT2D eigenvalue weighted by atomic mass is 10.0. The number of thiophene rings is 1. The minimum Gasteiger partial charge on any atom is -0.478 e. The smallest absolute Gasteiger partial charge is 0.336 e. The third kappa shape index (κ3) is 4.18. The molecule has 2 N–H and O–H groups in total. The van der Waals surface area contributed by atoms with Crippen molar-refractivity contribution in [2.24, 2.45) is 0 Å². The van der Waals surface area contributed by atoms with Gasteiger partial charge in [-0.2, -0.15) is 0 Å². The number of aryl methyl sites for hydroxylation is 3. The van der Waals surface area contributed by atoms with Crippen molar-refractivity contribution in [2.45, 2.75) is 33.1 Å². The molecule has 0 saturated carbocycles. The van der Waals surface area contributed by atoms with Gasteiger partial charge in [-0.25, -0.2) is 4.79 Å². The average Bonchev–Trinajstić information content (AvgIpc) is 2.94. The lowest BCUT2D eigenvalue weighted by molar-refractivity contribution is -0.116. The van der Waals surface area contributed by atoms with Crippen LogP contribution in [-0.2, 0) is 11.2 Å². The summed E-state index contributed by atoms with van der Waals surface area (Å²) >= 11 is 1.69. The first-order chi connectivity index (χ1) is 10.5. The van der Waals surface area contributed by atoms with Crippen LogP contribution in [0.3, 0.4) is 0 Å². The number of hydrogen-bond acceptors (Lipinski definition) is 3. The first-order valence-corrected chi connectivity index (χ1v) is 8.02. The Kier molecular flexibility index (Phi) is 5.33. The van der Waals surface area contributed by atoms with Crippen molar-refractivity contribution < 1.29 is 14.7 Å². The molecule has 5 heteroatoms. The molecule has 1 aromatic carbocycles.